The number of nitrogens with one attached hydrogen (secondary N) is 2. The first-order chi connectivity index (χ1) is 13.5. The fourth-order valence-corrected chi connectivity index (χ4v) is 4.25. The largest absolute Gasteiger partial charge is 0.339 e. The predicted molar refractivity (Wildman–Crippen MR) is 107 cm³/mol. The van der Waals surface area contributed by atoms with Crippen molar-refractivity contribution < 1.29 is 9.59 Å². The molecule has 0 saturated carbocycles. The minimum atomic E-state index is -0.165. The highest BCUT2D eigenvalue weighted by Crippen LogP contribution is 2.30. The molecule has 0 radical (unpaired) electrons. The molecule has 7 nitrogen and oxygen atoms in total. The lowest BCUT2D eigenvalue weighted by atomic mass is 9.90. The minimum absolute atomic E-state index is 0.0206. The van der Waals surface area contributed by atoms with Crippen LogP contribution < -0.4 is 10.6 Å². The van der Waals surface area contributed by atoms with E-state index in [4.69, 9.17) is 0 Å². The van der Waals surface area contributed by atoms with E-state index in [9.17, 15) is 9.59 Å². The lowest BCUT2D eigenvalue weighted by Crippen LogP contribution is -2.30. The Hall–Kier alpha value is -2.67. The number of anilines is 1. The van der Waals surface area contributed by atoms with Gasteiger partial charge in [-0.2, -0.15) is 5.10 Å². The number of aromatic nitrogens is 2. The molecule has 28 heavy (non-hydrogen) atoms. The Labute approximate surface area is 165 Å². The third-order valence-electron chi connectivity index (χ3n) is 5.92. The molecule has 2 N–H and O–H groups in total. The number of carbonyl (C=O) groups is 2. The van der Waals surface area contributed by atoms with Crippen LogP contribution in [-0.2, 0) is 11.8 Å². The summed E-state index contributed by atoms with van der Waals surface area (Å²) in [6, 6.07) is 5.56. The van der Waals surface area contributed by atoms with Crippen LogP contribution >= 0.6 is 0 Å². The van der Waals surface area contributed by atoms with Gasteiger partial charge < -0.3 is 15.5 Å². The van der Waals surface area contributed by atoms with Crippen molar-refractivity contribution >= 4 is 17.5 Å². The number of likely N-dealkylation sites (tertiary alicyclic amines) is 1. The number of aryl methyl sites for hydroxylation is 1. The van der Waals surface area contributed by atoms with E-state index in [1.165, 1.54) is 0 Å². The Bertz CT molecular complexity index is 885. The van der Waals surface area contributed by atoms with E-state index in [2.05, 4.69) is 15.7 Å². The molecular weight excluding hydrogens is 354 g/mol. The Morgan fingerprint density at radius 1 is 1.21 bits per heavy atom. The average molecular weight is 381 g/mol. The maximum Gasteiger partial charge on any atom is 0.254 e. The summed E-state index contributed by atoms with van der Waals surface area (Å²) in [7, 11) is 1.88. The molecule has 4 rings (SSSR count). The SMILES string of the molecule is Cc1c(NC(=O)[C@H]2CNC[C@@H]2c2cnn(C)c2)cccc1C(=O)N1CCCC1. The van der Waals surface area contributed by atoms with Crippen LogP contribution in [0.3, 0.4) is 0 Å². The predicted octanol–water partition coefficient (Wildman–Crippen LogP) is 1.91. The Balaban J connectivity index is 1.51. The lowest BCUT2D eigenvalue weighted by Gasteiger charge is -2.20. The first-order valence-corrected chi connectivity index (χ1v) is 9.93. The first-order valence-electron chi connectivity index (χ1n) is 9.93. The second-order valence-corrected chi connectivity index (χ2v) is 7.79. The van der Waals surface area contributed by atoms with E-state index in [0.717, 1.165) is 43.6 Å². The molecule has 2 amide bonds. The van der Waals surface area contributed by atoms with Crippen molar-refractivity contribution in [2.75, 3.05) is 31.5 Å². The number of hydrogen-bond donors (Lipinski definition) is 2. The summed E-state index contributed by atoms with van der Waals surface area (Å²) in [6.45, 7) is 4.93. The molecule has 2 aromatic rings. The molecule has 0 bridgehead atoms. The van der Waals surface area contributed by atoms with E-state index in [0.29, 0.717) is 17.8 Å². The smallest absolute Gasteiger partial charge is 0.254 e. The van der Waals surface area contributed by atoms with Gasteiger partial charge in [-0.3, -0.25) is 14.3 Å². The molecule has 0 aliphatic carbocycles. The van der Waals surface area contributed by atoms with Gasteiger partial charge in [-0.05, 0) is 43.0 Å². The Morgan fingerprint density at radius 2 is 2.00 bits per heavy atom. The van der Waals surface area contributed by atoms with Crippen molar-refractivity contribution in [2.45, 2.75) is 25.7 Å². The van der Waals surface area contributed by atoms with E-state index in [1.807, 2.05) is 49.5 Å². The number of benzene rings is 1. The zero-order valence-corrected chi connectivity index (χ0v) is 16.4. The number of rotatable bonds is 4. The van der Waals surface area contributed by atoms with Crippen molar-refractivity contribution in [1.29, 1.82) is 0 Å². The summed E-state index contributed by atoms with van der Waals surface area (Å²) in [4.78, 5) is 27.7. The number of carbonyl (C=O) groups excluding carboxylic acids is 2. The molecule has 2 fully saturated rings. The maximum absolute atomic E-state index is 13.0. The van der Waals surface area contributed by atoms with E-state index in [-0.39, 0.29) is 23.7 Å². The molecule has 7 heteroatoms. The molecule has 2 aliphatic rings. The molecule has 0 spiro atoms. The summed E-state index contributed by atoms with van der Waals surface area (Å²) in [5.74, 6) is -0.0282. The summed E-state index contributed by atoms with van der Waals surface area (Å²) in [5, 5.41) is 10.6. The van der Waals surface area contributed by atoms with Crippen molar-refractivity contribution in [1.82, 2.24) is 20.0 Å². The second-order valence-electron chi connectivity index (χ2n) is 7.79. The van der Waals surface area contributed by atoms with Gasteiger partial charge in [0.2, 0.25) is 5.91 Å². The van der Waals surface area contributed by atoms with Crippen LogP contribution in [0.15, 0.2) is 30.6 Å². The quantitative estimate of drug-likeness (QED) is 0.848. The van der Waals surface area contributed by atoms with Crippen LogP contribution in [0.4, 0.5) is 5.69 Å². The van der Waals surface area contributed by atoms with Crippen molar-refractivity contribution in [2.24, 2.45) is 13.0 Å². The second kappa shape index (κ2) is 7.75. The van der Waals surface area contributed by atoms with Crippen molar-refractivity contribution in [3.63, 3.8) is 0 Å². The standard InChI is InChI=1S/C21H27N5O2/c1-14-16(21(28)26-8-3-4-9-26)6-5-7-19(14)24-20(27)18-12-22-11-17(18)15-10-23-25(2)13-15/h5-7,10,13,17-18,22H,3-4,8-9,11-12H2,1-2H3,(H,24,27)/t17-,18+/m1/s1. The van der Waals surface area contributed by atoms with Crippen LogP contribution in [0.2, 0.25) is 0 Å². The van der Waals surface area contributed by atoms with Gasteiger partial charge in [0.1, 0.15) is 0 Å². The summed E-state index contributed by atoms with van der Waals surface area (Å²) in [5.41, 5.74) is 3.29. The Kier molecular flexibility index (Phi) is 5.17. The van der Waals surface area contributed by atoms with Crippen molar-refractivity contribution in [3.05, 3.63) is 47.3 Å². The molecular formula is C21H27N5O2. The van der Waals surface area contributed by atoms with Gasteiger partial charge in [-0.15, -0.1) is 0 Å². The molecule has 1 aromatic carbocycles. The Morgan fingerprint density at radius 3 is 2.71 bits per heavy atom. The van der Waals surface area contributed by atoms with Gasteiger partial charge in [-0.1, -0.05) is 6.07 Å². The van der Waals surface area contributed by atoms with E-state index in [1.54, 1.807) is 4.68 Å². The summed E-state index contributed by atoms with van der Waals surface area (Å²) < 4.78 is 1.76. The fraction of sp³-hybridized carbons (Fsp3) is 0.476. The van der Waals surface area contributed by atoms with Gasteiger partial charge in [0, 0.05) is 56.6 Å². The van der Waals surface area contributed by atoms with Crippen LogP contribution in [0, 0.1) is 12.8 Å². The highest BCUT2D eigenvalue weighted by atomic mass is 16.2. The average Bonchev–Trinajstić information content (AvgIpc) is 3.44. The molecule has 3 heterocycles. The fourth-order valence-electron chi connectivity index (χ4n) is 4.25. The van der Waals surface area contributed by atoms with Gasteiger partial charge in [0.25, 0.3) is 5.91 Å². The highest BCUT2D eigenvalue weighted by Gasteiger charge is 2.35. The third kappa shape index (κ3) is 3.54. The van der Waals surface area contributed by atoms with Crippen LogP contribution in [0.1, 0.15) is 40.2 Å². The summed E-state index contributed by atoms with van der Waals surface area (Å²) >= 11 is 0. The third-order valence-corrected chi connectivity index (χ3v) is 5.92. The molecule has 2 saturated heterocycles. The normalized spacial score (nSPS) is 21.9. The summed E-state index contributed by atoms with van der Waals surface area (Å²) in [6.07, 6.45) is 5.92. The van der Waals surface area contributed by atoms with Crippen LogP contribution in [0.5, 0.6) is 0 Å². The van der Waals surface area contributed by atoms with Crippen LogP contribution in [0.25, 0.3) is 0 Å². The number of nitrogens with zero attached hydrogens (tertiary/aromatic N) is 3. The van der Waals surface area contributed by atoms with Crippen LogP contribution in [-0.4, -0.2) is 52.7 Å². The molecule has 2 aliphatic heterocycles. The first kappa shape index (κ1) is 18.7. The zero-order chi connectivity index (χ0) is 19.7. The minimum Gasteiger partial charge on any atom is -0.339 e. The number of hydrogen-bond acceptors (Lipinski definition) is 4. The topological polar surface area (TPSA) is 79.3 Å². The van der Waals surface area contributed by atoms with Crippen molar-refractivity contribution in [3.8, 4) is 0 Å². The molecule has 1 aromatic heterocycles. The molecule has 148 valence electrons. The molecule has 0 unspecified atom stereocenters. The van der Waals surface area contributed by atoms with Gasteiger partial charge in [0.05, 0.1) is 12.1 Å². The van der Waals surface area contributed by atoms with Gasteiger partial charge >= 0.3 is 0 Å². The van der Waals surface area contributed by atoms with Gasteiger partial charge in [-0.25, -0.2) is 0 Å². The number of amides is 2. The highest BCUT2D eigenvalue weighted by molar-refractivity contribution is 6.00. The monoisotopic (exact) mass is 381 g/mol. The van der Waals surface area contributed by atoms with E-state index >= 15 is 0 Å². The lowest BCUT2D eigenvalue weighted by molar-refractivity contribution is -0.119. The molecule has 2 atom stereocenters. The maximum atomic E-state index is 13.0. The van der Waals surface area contributed by atoms with E-state index < -0.39 is 0 Å². The van der Waals surface area contributed by atoms with Gasteiger partial charge in [0.15, 0.2) is 0 Å². The zero-order valence-electron chi connectivity index (χ0n) is 16.4.